The molecule has 0 aliphatic carbocycles. The topological polar surface area (TPSA) is 55.2 Å². The summed E-state index contributed by atoms with van der Waals surface area (Å²) in [5.74, 6) is 0. The second-order valence-corrected chi connectivity index (χ2v) is 6.26. The predicted molar refractivity (Wildman–Crippen MR) is 86.3 cm³/mol. The van der Waals surface area contributed by atoms with Crippen molar-refractivity contribution in [3.63, 3.8) is 0 Å². The second kappa shape index (κ2) is 8.97. The lowest BCUT2D eigenvalue weighted by Crippen LogP contribution is -2.24. The Bertz CT molecular complexity index is 426. The Hall–Kier alpha value is -1.07. The molecule has 4 nitrogen and oxygen atoms in total. The fraction of sp³-hybridized carbons (Fsp3) is 0.600. The SMILES string of the molecule is CCCC(NCCC(C)SC)c1cccc([N+](=O)[O-])c1. The quantitative estimate of drug-likeness (QED) is 0.549. The molecule has 0 aliphatic heterocycles. The van der Waals surface area contributed by atoms with Crippen LogP contribution in [-0.2, 0) is 0 Å². The van der Waals surface area contributed by atoms with Crippen LogP contribution in [0, 0.1) is 10.1 Å². The van der Waals surface area contributed by atoms with Crippen LogP contribution in [0.15, 0.2) is 24.3 Å². The Labute approximate surface area is 125 Å². The molecule has 20 heavy (non-hydrogen) atoms. The largest absolute Gasteiger partial charge is 0.310 e. The van der Waals surface area contributed by atoms with Gasteiger partial charge in [-0.3, -0.25) is 10.1 Å². The van der Waals surface area contributed by atoms with Crippen molar-refractivity contribution in [3.05, 3.63) is 39.9 Å². The first-order chi connectivity index (χ1) is 9.58. The molecular formula is C15H24N2O2S. The van der Waals surface area contributed by atoms with Gasteiger partial charge in [0.05, 0.1) is 4.92 Å². The summed E-state index contributed by atoms with van der Waals surface area (Å²) in [6.45, 7) is 5.29. The van der Waals surface area contributed by atoms with Gasteiger partial charge in [-0.2, -0.15) is 11.8 Å². The van der Waals surface area contributed by atoms with Crippen molar-refractivity contribution in [1.82, 2.24) is 5.32 Å². The van der Waals surface area contributed by atoms with Crippen LogP contribution in [0.5, 0.6) is 0 Å². The van der Waals surface area contributed by atoms with E-state index < -0.39 is 0 Å². The van der Waals surface area contributed by atoms with E-state index in [0.717, 1.165) is 31.4 Å². The Morgan fingerprint density at radius 3 is 2.75 bits per heavy atom. The van der Waals surface area contributed by atoms with Crippen molar-refractivity contribution in [3.8, 4) is 0 Å². The number of non-ortho nitro benzene ring substituents is 1. The molecule has 0 radical (unpaired) electrons. The first kappa shape index (κ1) is 17.0. The van der Waals surface area contributed by atoms with E-state index in [2.05, 4.69) is 25.4 Å². The monoisotopic (exact) mass is 296 g/mol. The lowest BCUT2D eigenvalue weighted by molar-refractivity contribution is -0.384. The maximum absolute atomic E-state index is 10.9. The van der Waals surface area contributed by atoms with Crippen LogP contribution in [0.2, 0.25) is 0 Å². The molecule has 0 fully saturated rings. The molecule has 2 atom stereocenters. The molecule has 112 valence electrons. The molecule has 1 aromatic carbocycles. The molecule has 0 heterocycles. The van der Waals surface area contributed by atoms with E-state index in [9.17, 15) is 10.1 Å². The van der Waals surface area contributed by atoms with E-state index in [1.54, 1.807) is 18.2 Å². The summed E-state index contributed by atoms with van der Waals surface area (Å²) in [5.41, 5.74) is 1.18. The lowest BCUT2D eigenvalue weighted by Gasteiger charge is -2.19. The summed E-state index contributed by atoms with van der Waals surface area (Å²) in [4.78, 5) is 10.5. The number of nitro groups is 1. The average Bonchev–Trinajstić information content (AvgIpc) is 2.46. The van der Waals surface area contributed by atoms with E-state index in [1.807, 2.05) is 17.8 Å². The van der Waals surface area contributed by atoms with Gasteiger partial charge in [0.25, 0.3) is 5.69 Å². The van der Waals surface area contributed by atoms with Crippen molar-refractivity contribution in [2.24, 2.45) is 0 Å². The zero-order valence-corrected chi connectivity index (χ0v) is 13.3. The van der Waals surface area contributed by atoms with Crippen LogP contribution >= 0.6 is 11.8 Å². The van der Waals surface area contributed by atoms with Crippen LogP contribution in [0.1, 0.15) is 44.7 Å². The number of hydrogen-bond acceptors (Lipinski definition) is 4. The fourth-order valence-corrected chi connectivity index (χ4v) is 2.46. The molecule has 5 heteroatoms. The highest BCUT2D eigenvalue weighted by atomic mass is 32.2. The molecule has 0 aromatic heterocycles. The summed E-state index contributed by atoms with van der Waals surface area (Å²) < 4.78 is 0. The summed E-state index contributed by atoms with van der Waals surface area (Å²) in [6.07, 6.45) is 5.28. The van der Waals surface area contributed by atoms with Gasteiger partial charge in [-0.15, -0.1) is 0 Å². The zero-order valence-electron chi connectivity index (χ0n) is 12.5. The van der Waals surface area contributed by atoms with Gasteiger partial charge in [0.2, 0.25) is 0 Å². The van der Waals surface area contributed by atoms with E-state index in [0.29, 0.717) is 5.25 Å². The number of hydrogen-bond donors (Lipinski definition) is 1. The van der Waals surface area contributed by atoms with Gasteiger partial charge in [0.15, 0.2) is 0 Å². The van der Waals surface area contributed by atoms with E-state index in [1.165, 1.54) is 0 Å². The number of benzene rings is 1. The molecule has 0 saturated carbocycles. The van der Waals surface area contributed by atoms with Gasteiger partial charge in [-0.1, -0.05) is 32.4 Å². The Balaban J connectivity index is 2.69. The normalized spacial score (nSPS) is 13.9. The minimum Gasteiger partial charge on any atom is -0.310 e. The Kier molecular flexibility index (Phi) is 7.62. The van der Waals surface area contributed by atoms with E-state index in [-0.39, 0.29) is 16.7 Å². The van der Waals surface area contributed by atoms with Crippen molar-refractivity contribution >= 4 is 17.4 Å². The van der Waals surface area contributed by atoms with Crippen molar-refractivity contribution in [2.45, 2.75) is 44.4 Å². The highest BCUT2D eigenvalue weighted by molar-refractivity contribution is 7.99. The highest BCUT2D eigenvalue weighted by Crippen LogP contribution is 2.23. The summed E-state index contributed by atoms with van der Waals surface area (Å²) in [7, 11) is 0. The Morgan fingerprint density at radius 2 is 2.15 bits per heavy atom. The Morgan fingerprint density at radius 1 is 1.40 bits per heavy atom. The van der Waals surface area contributed by atoms with E-state index in [4.69, 9.17) is 0 Å². The smallest absolute Gasteiger partial charge is 0.269 e. The molecule has 0 aliphatic rings. The molecule has 2 unspecified atom stereocenters. The molecule has 1 aromatic rings. The molecule has 0 spiro atoms. The van der Waals surface area contributed by atoms with E-state index >= 15 is 0 Å². The van der Waals surface area contributed by atoms with Gasteiger partial charge in [-0.25, -0.2) is 0 Å². The van der Waals surface area contributed by atoms with Gasteiger partial charge in [-0.05, 0) is 31.2 Å². The summed E-state index contributed by atoms with van der Waals surface area (Å²) in [5, 5.41) is 15.0. The van der Waals surface area contributed by atoms with Crippen molar-refractivity contribution < 1.29 is 4.92 Å². The first-order valence-corrected chi connectivity index (χ1v) is 8.37. The summed E-state index contributed by atoms with van der Waals surface area (Å²) >= 11 is 1.86. The van der Waals surface area contributed by atoms with Crippen LogP contribution in [0.4, 0.5) is 5.69 Å². The molecule has 1 N–H and O–H groups in total. The third kappa shape index (κ3) is 5.51. The zero-order chi connectivity index (χ0) is 15.0. The number of nitro benzene ring substituents is 1. The third-order valence-electron chi connectivity index (χ3n) is 3.40. The van der Waals surface area contributed by atoms with Crippen molar-refractivity contribution in [1.29, 1.82) is 0 Å². The minimum atomic E-state index is -0.331. The van der Waals surface area contributed by atoms with Gasteiger partial charge in [0.1, 0.15) is 0 Å². The number of nitrogens with one attached hydrogen (secondary N) is 1. The standard InChI is InChI=1S/C15H24N2O2S/c1-4-6-15(16-10-9-12(2)20-3)13-7-5-8-14(11-13)17(18)19/h5,7-8,11-12,15-16H,4,6,9-10H2,1-3H3. The maximum atomic E-state index is 10.9. The predicted octanol–water partition coefficient (Wildman–Crippen LogP) is 4.17. The second-order valence-electron chi connectivity index (χ2n) is 4.98. The van der Waals surface area contributed by atoms with Gasteiger partial charge in [0, 0.05) is 23.4 Å². The molecule has 0 amide bonds. The first-order valence-electron chi connectivity index (χ1n) is 7.09. The number of nitrogens with zero attached hydrogens (tertiary/aromatic N) is 1. The molecular weight excluding hydrogens is 272 g/mol. The fourth-order valence-electron chi connectivity index (χ4n) is 2.11. The average molecular weight is 296 g/mol. The molecule has 0 saturated heterocycles. The van der Waals surface area contributed by atoms with Crippen molar-refractivity contribution in [2.75, 3.05) is 12.8 Å². The molecule has 1 rings (SSSR count). The van der Waals surface area contributed by atoms with Gasteiger partial charge >= 0.3 is 0 Å². The number of thioether (sulfide) groups is 1. The highest BCUT2D eigenvalue weighted by Gasteiger charge is 2.14. The van der Waals surface area contributed by atoms with Crippen LogP contribution in [0.3, 0.4) is 0 Å². The van der Waals surface area contributed by atoms with Crippen LogP contribution < -0.4 is 5.32 Å². The summed E-state index contributed by atoms with van der Waals surface area (Å²) in [6, 6.07) is 7.17. The lowest BCUT2D eigenvalue weighted by atomic mass is 10.0. The minimum absolute atomic E-state index is 0.169. The van der Waals surface area contributed by atoms with Crippen LogP contribution in [0.25, 0.3) is 0 Å². The third-order valence-corrected chi connectivity index (χ3v) is 4.45. The van der Waals surface area contributed by atoms with Crippen LogP contribution in [-0.4, -0.2) is 23.0 Å². The maximum Gasteiger partial charge on any atom is 0.269 e. The van der Waals surface area contributed by atoms with Gasteiger partial charge < -0.3 is 5.32 Å². The number of rotatable bonds is 9. The molecule has 0 bridgehead atoms.